The standard InChI is InChI=1S/C18H21N5O/c1-13-15(18(24)19-9-10-22(2)3)12-20-17-11-16(21-23(13)17)14-7-5-4-6-8-14/h4-8,11-12H,9-10H2,1-3H3,(H,19,24). The van der Waals surface area contributed by atoms with Gasteiger partial charge in [0.1, 0.15) is 0 Å². The highest BCUT2D eigenvalue weighted by atomic mass is 16.1. The summed E-state index contributed by atoms with van der Waals surface area (Å²) in [6, 6.07) is 11.9. The highest BCUT2D eigenvalue weighted by Gasteiger charge is 2.14. The summed E-state index contributed by atoms with van der Waals surface area (Å²) in [7, 11) is 3.94. The zero-order valence-electron chi connectivity index (χ0n) is 14.2. The Morgan fingerprint density at radius 3 is 2.71 bits per heavy atom. The van der Waals surface area contributed by atoms with Crippen molar-refractivity contribution in [3.05, 3.63) is 53.9 Å². The van der Waals surface area contributed by atoms with Gasteiger partial charge < -0.3 is 10.2 Å². The third kappa shape index (κ3) is 3.28. The molecule has 6 nitrogen and oxygen atoms in total. The molecule has 1 N–H and O–H groups in total. The first-order valence-corrected chi connectivity index (χ1v) is 7.90. The molecule has 0 atom stereocenters. The van der Waals surface area contributed by atoms with Gasteiger partial charge in [-0.3, -0.25) is 4.79 Å². The number of carbonyl (C=O) groups is 1. The lowest BCUT2D eigenvalue weighted by Gasteiger charge is -2.11. The maximum Gasteiger partial charge on any atom is 0.254 e. The van der Waals surface area contributed by atoms with Gasteiger partial charge in [-0.2, -0.15) is 5.10 Å². The van der Waals surface area contributed by atoms with Gasteiger partial charge in [-0.25, -0.2) is 9.50 Å². The molecule has 0 spiro atoms. The molecule has 2 heterocycles. The molecule has 1 aromatic carbocycles. The van der Waals surface area contributed by atoms with Crippen LogP contribution in [0, 0.1) is 6.92 Å². The maximum absolute atomic E-state index is 12.4. The summed E-state index contributed by atoms with van der Waals surface area (Å²) in [4.78, 5) is 18.8. The number of hydrogen-bond acceptors (Lipinski definition) is 4. The monoisotopic (exact) mass is 323 g/mol. The number of nitrogens with zero attached hydrogens (tertiary/aromatic N) is 4. The van der Waals surface area contributed by atoms with Gasteiger partial charge in [0.2, 0.25) is 0 Å². The van der Waals surface area contributed by atoms with E-state index in [1.807, 2.05) is 62.3 Å². The van der Waals surface area contributed by atoms with Crippen LogP contribution in [0.25, 0.3) is 16.9 Å². The van der Waals surface area contributed by atoms with Gasteiger partial charge in [0.25, 0.3) is 5.91 Å². The molecule has 3 aromatic rings. The van der Waals surface area contributed by atoms with Gasteiger partial charge in [0.05, 0.1) is 17.0 Å². The first-order chi connectivity index (χ1) is 11.6. The highest BCUT2D eigenvalue weighted by molar-refractivity contribution is 5.95. The molecule has 24 heavy (non-hydrogen) atoms. The first kappa shape index (κ1) is 16.1. The lowest BCUT2D eigenvalue weighted by atomic mass is 10.2. The predicted octanol–water partition coefficient (Wildman–Crippen LogP) is 2.00. The molecule has 0 bridgehead atoms. The van der Waals surface area contributed by atoms with Crippen LogP contribution in [0.2, 0.25) is 0 Å². The number of aromatic nitrogens is 3. The van der Waals surface area contributed by atoms with Crippen LogP contribution in [0.5, 0.6) is 0 Å². The Bertz CT molecular complexity index is 854. The van der Waals surface area contributed by atoms with E-state index < -0.39 is 0 Å². The minimum absolute atomic E-state index is 0.125. The van der Waals surface area contributed by atoms with Gasteiger partial charge in [-0.1, -0.05) is 30.3 Å². The molecule has 0 unspecified atom stereocenters. The normalized spacial score (nSPS) is 11.2. The summed E-state index contributed by atoms with van der Waals surface area (Å²) in [5.41, 5.74) is 3.93. The van der Waals surface area contributed by atoms with Gasteiger partial charge >= 0.3 is 0 Å². The van der Waals surface area contributed by atoms with E-state index in [-0.39, 0.29) is 5.91 Å². The van der Waals surface area contributed by atoms with E-state index in [0.29, 0.717) is 12.1 Å². The van der Waals surface area contributed by atoms with Crippen molar-refractivity contribution >= 4 is 11.6 Å². The molecule has 0 saturated heterocycles. The molecule has 0 aliphatic carbocycles. The second kappa shape index (κ2) is 6.80. The fraction of sp³-hybridized carbons (Fsp3) is 0.278. The van der Waals surface area contributed by atoms with Crippen molar-refractivity contribution in [3.63, 3.8) is 0 Å². The van der Waals surface area contributed by atoms with E-state index in [4.69, 9.17) is 0 Å². The Hall–Kier alpha value is -2.73. The number of nitrogens with one attached hydrogen (secondary N) is 1. The molecule has 0 aliphatic heterocycles. The Morgan fingerprint density at radius 2 is 2.00 bits per heavy atom. The molecular formula is C18H21N5O. The second-order valence-electron chi connectivity index (χ2n) is 5.98. The summed E-state index contributed by atoms with van der Waals surface area (Å²) in [5.74, 6) is -0.125. The summed E-state index contributed by atoms with van der Waals surface area (Å²) in [6.45, 7) is 3.27. The lowest BCUT2D eigenvalue weighted by Crippen LogP contribution is -2.32. The van der Waals surface area contributed by atoms with Gasteiger partial charge in [-0.05, 0) is 21.0 Å². The van der Waals surface area contributed by atoms with Crippen molar-refractivity contribution in [2.45, 2.75) is 6.92 Å². The third-order valence-corrected chi connectivity index (χ3v) is 3.88. The second-order valence-corrected chi connectivity index (χ2v) is 5.98. The number of rotatable bonds is 5. The van der Waals surface area contributed by atoms with Crippen molar-refractivity contribution in [2.24, 2.45) is 0 Å². The fourth-order valence-electron chi connectivity index (χ4n) is 2.51. The molecule has 0 aliphatic rings. The van der Waals surface area contributed by atoms with Gasteiger partial charge in [0, 0.05) is 30.9 Å². The number of aryl methyl sites for hydroxylation is 1. The van der Waals surface area contributed by atoms with Crippen LogP contribution in [0.1, 0.15) is 16.1 Å². The molecule has 3 rings (SSSR count). The minimum Gasteiger partial charge on any atom is -0.351 e. The maximum atomic E-state index is 12.4. The number of fused-ring (bicyclic) bond motifs is 1. The Balaban J connectivity index is 1.89. The summed E-state index contributed by atoms with van der Waals surface area (Å²) in [5, 5.41) is 7.51. The van der Waals surface area contributed by atoms with Crippen LogP contribution < -0.4 is 5.32 Å². The topological polar surface area (TPSA) is 62.5 Å². The zero-order chi connectivity index (χ0) is 17.1. The zero-order valence-corrected chi connectivity index (χ0v) is 14.2. The van der Waals surface area contributed by atoms with E-state index in [9.17, 15) is 4.79 Å². The number of benzene rings is 1. The van der Waals surface area contributed by atoms with Crippen molar-refractivity contribution in [1.82, 2.24) is 24.8 Å². The average molecular weight is 323 g/mol. The summed E-state index contributed by atoms with van der Waals surface area (Å²) >= 11 is 0. The Morgan fingerprint density at radius 1 is 1.25 bits per heavy atom. The minimum atomic E-state index is -0.125. The molecule has 0 fully saturated rings. The van der Waals surface area contributed by atoms with Crippen LogP contribution in [-0.4, -0.2) is 52.6 Å². The quantitative estimate of drug-likeness (QED) is 0.780. The molecule has 1 amide bonds. The van der Waals surface area contributed by atoms with Crippen LogP contribution >= 0.6 is 0 Å². The average Bonchev–Trinajstić information content (AvgIpc) is 3.01. The molecule has 124 valence electrons. The number of likely N-dealkylation sites (N-methyl/N-ethyl adjacent to an activating group) is 1. The molecule has 0 radical (unpaired) electrons. The van der Waals surface area contributed by atoms with E-state index in [1.165, 1.54) is 0 Å². The smallest absolute Gasteiger partial charge is 0.254 e. The van der Waals surface area contributed by atoms with E-state index in [0.717, 1.165) is 29.1 Å². The van der Waals surface area contributed by atoms with Crippen molar-refractivity contribution in [3.8, 4) is 11.3 Å². The predicted molar refractivity (Wildman–Crippen MR) is 94.0 cm³/mol. The van der Waals surface area contributed by atoms with Crippen molar-refractivity contribution < 1.29 is 4.79 Å². The van der Waals surface area contributed by atoms with Crippen LogP contribution in [0.4, 0.5) is 0 Å². The van der Waals surface area contributed by atoms with Crippen LogP contribution in [0.3, 0.4) is 0 Å². The fourth-order valence-corrected chi connectivity index (χ4v) is 2.51. The van der Waals surface area contributed by atoms with Crippen molar-refractivity contribution in [1.29, 1.82) is 0 Å². The summed E-state index contributed by atoms with van der Waals surface area (Å²) < 4.78 is 1.73. The molecule has 0 saturated carbocycles. The van der Waals surface area contributed by atoms with Crippen LogP contribution in [0.15, 0.2) is 42.6 Å². The summed E-state index contributed by atoms with van der Waals surface area (Å²) in [6.07, 6.45) is 1.62. The number of amides is 1. The van der Waals surface area contributed by atoms with E-state index in [2.05, 4.69) is 15.4 Å². The highest BCUT2D eigenvalue weighted by Crippen LogP contribution is 2.20. The molecule has 6 heteroatoms. The van der Waals surface area contributed by atoms with E-state index >= 15 is 0 Å². The lowest BCUT2D eigenvalue weighted by molar-refractivity contribution is 0.0949. The number of hydrogen-bond donors (Lipinski definition) is 1. The third-order valence-electron chi connectivity index (χ3n) is 3.88. The van der Waals surface area contributed by atoms with Gasteiger partial charge in [-0.15, -0.1) is 0 Å². The van der Waals surface area contributed by atoms with Crippen LogP contribution in [-0.2, 0) is 0 Å². The Labute approximate surface area is 141 Å². The molecular weight excluding hydrogens is 302 g/mol. The Kier molecular flexibility index (Phi) is 4.57. The van der Waals surface area contributed by atoms with Crippen molar-refractivity contribution in [2.75, 3.05) is 27.2 Å². The molecule has 2 aromatic heterocycles. The SMILES string of the molecule is Cc1c(C(=O)NCCN(C)C)cnc2cc(-c3ccccc3)nn12. The number of carbonyl (C=O) groups excluding carboxylic acids is 1. The van der Waals surface area contributed by atoms with E-state index in [1.54, 1.807) is 10.7 Å². The largest absolute Gasteiger partial charge is 0.351 e. The first-order valence-electron chi connectivity index (χ1n) is 7.90. The van der Waals surface area contributed by atoms with Gasteiger partial charge in [0.15, 0.2) is 5.65 Å².